The largest absolute Gasteiger partial charge is 0.496 e. The minimum absolute atomic E-state index is 0.0634. The second-order valence-corrected chi connectivity index (χ2v) is 9.48. The molecule has 1 N–H and O–H groups in total. The summed E-state index contributed by atoms with van der Waals surface area (Å²) in [5.41, 5.74) is 3.67. The average molecular weight is 470 g/mol. The number of nitrogens with zero attached hydrogens (tertiary/aromatic N) is 2. The molecular weight excluding hydrogens is 444 g/mol. The van der Waals surface area contributed by atoms with Gasteiger partial charge >= 0.3 is 5.92 Å². The Kier molecular flexibility index (Phi) is 5.64. The highest BCUT2D eigenvalue weighted by Crippen LogP contribution is 2.45. The molecule has 0 bridgehead atoms. The SMILES string of the molecule is COc1cc2nc(C)nc(N[C@H](C)c3cccc4c3OCC4(F)F)c2cc1C1=CCSCC1. The van der Waals surface area contributed by atoms with Crippen molar-refractivity contribution >= 4 is 34.1 Å². The summed E-state index contributed by atoms with van der Waals surface area (Å²) in [6.45, 7) is 3.13. The Hall–Kier alpha value is -2.87. The number of alkyl halides is 2. The number of rotatable bonds is 5. The van der Waals surface area contributed by atoms with Crippen LogP contribution in [-0.4, -0.2) is 35.2 Å². The number of aromatic nitrogens is 2. The van der Waals surface area contributed by atoms with Crippen LogP contribution >= 0.6 is 11.8 Å². The fraction of sp³-hybridized carbons (Fsp3) is 0.360. The molecule has 0 unspecified atom stereocenters. The molecule has 5 nitrogen and oxygen atoms in total. The van der Waals surface area contributed by atoms with Crippen LogP contribution in [0, 0.1) is 6.92 Å². The van der Waals surface area contributed by atoms with Crippen molar-refractivity contribution in [1.29, 1.82) is 0 Å². The van der Waals surface area contributed by atoms with E-state index in [2.05, 4.69) is 27.4 Å². The van der Waals surface area contributed by atoms with Crippen LogP contribution in [-0.2, 0) is 5.92 Å². The van der Waals surface area contributed by atoms with E-state index in [-0.39, 0.29) is 17.4 Å². The number of benzene rings is 2. The summed E-state index contributed by atoms with van der Waals surface area (Å²) in [4.78, 5) is 9.26. The number of aryl methyl sites for hydroxylation is 1. The molecule has 0 saturated carbocycles. The van der Waals surface area contributed by atoms with Crippen LogP contribution < -0.4 is 14.8 Å². The van der Waals surface area contributed by atoms with Gasteiger partial charge in [-0.25, -0.2) is 9.97 Å². The first-order valence-corrected chi connectivity index (χ1v) is 12.1. The fourth-order valence-electron chi connectivity index (χ4n) is 4.44. The van der Waals surface area contributed by atoms with Crippen LogP contribution in [0.25, 0.3) is 16.5 Å². The van der Waals surface area contributed by atoms with Gasteiger partial charge < -0.3 is 14.8 Å². The summed E-state index contributed by atoms with van der Waals surface area (Å²) in [6.07, 6.45) is 3.22. The van der Waals surface area contributed by atoms with Crippen LogP contribution in [0.1, 0.15) is 41.9 Å². The summed E-state index contributed by atoms with van der Waals surface area (Å²) < 4.78 is 39.4. The second kappa shape index (κ2) is 8.48. The molecule has 3 aromatic rings. The lowest BCUT2D eigenvalue weighted by atomic mass is 9.99. The highest BCUT2D eigenvalue weighted by molar-refractivity contribution is 7.99. The van der Waals surface area contributed by atoms with E-state index in [1.807, 2.05) is 37.7 Å². The van der Waals surface area contributed by atoms with Crippen LogP contribution in [0.2, 0.25) is 0 Å². The number of para-hydroxylation sites is 1. The molecule has 2 aliphatic heterocycles. The van der Waals surface area contributed by atoms with Crippen LogP contribution in [0.15, 0.2) is 36.4 Å². The maximum atomic E-state index is 14.2. The zero-order valence-corrected chi connectivity index (χ0v) is 19.6. The van der Waals surface area contributed by atoms with Crippen LogP contribution in [0.3, 0.4) is 0 Å². The molecule has 8 heteroatoms. The van der Waals surface area contributed by atoms with Gasteiger partial charge in [-0.05, 0) is 43.7 Å². The first kappa shape index (κ1) is 21.9. The molecule has 172 valence electrons. The monoisotopic (exact) mass is 469 g/mol. The predicted octanol–water partition coefficient (Wildman–Crippen LogP) is 6.12. The molecule has 1 aromatic heterocycles. The first-order valence-electron chi connectivity index (χ1n) is 10.9. The quantitative estimate of drug-likeness (QED) is 0.486. The fourth-order valence-corrected chi connectivity index (χ4v) is 5.29. The van der Waals surface area contributed by atoms with Gasteiger partial charge in [0.2, 0.25) is 0 Å². The van der Waals surface area contributed by atoms with Crippen molar-refractivity contribution in [2.75, 3.05) is 30.5 Å². The number of hydrogen-bond donors (Lipinski definition) is 1. The van der Waals surface area contributed by atoms with E-state index in [1.54, 1.807) is 13.2 Å². The van der Waals surface area contributed by atoms with E-state index < -0.39 is 12.5 Å². The Bertz CT molecular complexity index is 1260. The molecule has 0 fully saturated rings. The minimum atomic E-state index is -2.97. The lowest BCUT2D eigenvalue weighted by Crippen LogP contribution is -2.14. The van der Waals surface area contributed by atoms with Crippen molar-refractivity contribution in [1.82, 2.24) is 9.97 Å². The van der Waals surface area contributed by atoms with Gasteiger partial charge in [-0.2, -0.15) is 20.5 Å². The van der Waals surface area contributed by atoms with Crippen molar-refractivity contribution in [3.8, 4) is 11.5 Å². The lowest BCUT2D eigenvalue weighted by Gasteiger charge is -2.21. The third kappa shape index (κ3) is 4.01. The van der Waals surface area contributed by atoms with Gasteiger partial charge in [-0.3, -0.25) is 0 Å². The first-order chi connectivity index (χ1) is 15.9. The number of methoxy groups -OCH3 is 1. The number of halogens is 2. The van der Waals surface area contributed by atoms with Crippen molar-refractivity contribution in [3.63, 3.8) is 0 Å². The van der Waals surface area contributed by atoms with E-state index >= 15 is 0 Å². The Morgan fingerprint density at radius 3 is 2.85 bits per heavy atom. The number of nitrogens with one attached hydrogen (secondary N) is 1. The zero-order chi connectivity index (χ0) is 23.2. The zero-order valence-electron chi connectivity index (χ0n) is 18.7. The summed E-state index contributed by atoms with van der Waals surface area (Å²) in [5.74, 6) is 1.39. The van der Waals surface area contributed by atoms with Crippen molar-refractivity contribution in [2.24, 2.45) is 0 Å². The summed E-state index contributed by atoms with van der Waals surface area (Å²) >= 11 is 1.91. The minimum Gasteiger partial charge on any atom is -0.496 e. The molecular formula is C25H25F2N3O2S. The smallest absolute Gasteiger partial charge is 0.310 e. The Morgan fingerprint density at radius 1 is 1.24 bits per heavy atom. The van der Waals surface area contributed by atoms with Gasteiger partial charge in [0.25, 0.3) is 0 Å². The predicted molar refractivity (Wildman–Crippen MR) is 129 cm³/mol. The van der Waals surface area contributed by atoms with E-state index in [1.165, 1.54) is 11.6 Å². The number of hydrogen-bond acceptors (Lipinski definition) is 6. The van der Waals surface area contributed by atoms with Gasteiger partial charge in [0, 0.05) is 28.3 Å². The normalized spacial score (nSPS) is 17.8. The molecule has 5 rings (SSSR count). The van der Waals surface area contributed by atoms with Crippen LogP contribution in [0.5, 0.6) is 11.5 Å². The highest BCUT2D eigenvalue weighted by atomic mass is 32.2. The molecule has 0 aliphatic carbocycles. The van der Waals surface area contributed by atoms with E-state index in [0.29, 0.717) is 17.2 Å². The topological polar surface area (TPSA) is 56.3 Å². The molecule has 2 aliphatic rings. The van der Waals surface area contributed by atoms with Gasteiger partial charge in [-0.15, -0.1) is 0 Å². The molecule has 33 heavy (non-hydrogen) atoms. The summed E-state index contributed by atoms with van der Waals surface area (Å²) in [7, 11) is 1.67. The number of fused-ring (bicyclic) bond motifs is 2. The van der Waals surface area contributed by atoms with Gasteiger partial charge in [0.1, 0.15) is 23.1 Å². The standard InChI is InChI=1S/C25H25F2N3O2S/c1-14(17-5-4-6-20-23(17)32-13-25(20,26)27)28-24-19-11-18(16-7-9-33-10-8-16)22(31-3)12-21(19)29-15(2)30-24/h4-7,11-12,14H,8-10,13H2,1-3H3,(H,28,29,30)/t14-/m1/s1. The Morgan fingerprint density at radius 2 is 2.09 bits per heavy atom. The number of anilines is 1. The number of allylic oxidation sites excluding steroid dienone is 1. The van der Waals surface area contributed by atoms with E-state index in [9.17, 15) is 8.78 Å². The highest BCUT2D eigenvalue weighted by Gasteiger charge is 2.42. The van der Waals surface area contributed by atoms with Crippen molar-refractivity contribution in [3.05, 3.63) is 58.9 Å². The molecule has 0 amide bonds. The molecule has 0 saturated heterocycles. The summed E-state index contributed by atoms with van der Waals surface area (Å²) in [6, 6.07) is 8.60. The van der Waals surface area contributed by atoms with Crippen molar-refractivity contribution < 1.29 is 18.3 Å². The molecule has 0 radical (unpaired) electrons. The molecule has 3 heterocycles. The van der Waals surface area contributed by atoms with Gasteiger partial charge in [0.05, 0.1) is 24.2 Å². The average Bonchev–Trinajstić information content (AvgIpc) is 3.13. The molecule has 0 spiro atoms. The Labute approximate surface area is 195 Å². The number of ether oxygens (including phenoxy) is 2. The van der Waals surface area contributed by atoms with Crippen LogP contribution in [0.4, 0.5) is 14.6 Å². The van der Waals surface area contributed by atoms with Gasteiger partial charge in [0.15, 0.2) is 6.61 Å². The lowest BCUT2D eigenvalue weighted by molar-refractivity contribution is -0.0214. The molecule has 2 aromatic carbocycles. The van der Waals surface area contributed by atoms with Gasteiger partial charge in [-0.1, -0.05) is 18.2 Å². The van der Waals surface area contributed by atoms with Crippen molar-refractivity contribution in [2.45, 2.75) is 32.2 Å². The maximum absolute atomic E-state index is 14.2. The summed E-state index contributed by atoms with van der Waals surface area (Å²) in [5, 5.41) is 4.29. The van der Waals surface area contributed by atoms with E-state index in [4.69, 9.17) is 9.47 Å². The third-order valence-corrected chi connectivity index (χ3v) is 6.99. The molecule has 1 atom stereocenters. The second-order valence-electron chi connectivity index (χ2n) is 8.33. The number of thioether (sulfide) groups is 1. The Balaban J connectivity index is 1.57. The third-order valence-electron chi connectivity index (χ3n) is 6.10. The van der Waals surface area contributed by atoms with E-state index in [0.717, 1.165) is 40.1 Å². The maximum Gasteiger partial charge on any atom is 0.310 e.